The van der Waals surface area contributed by atoms with Gasteiger partial charge in [-0.05, 0) is 31.2 Å². The fraction of sp³-hybridized carbons (Fsp3) is 0.133. The Kier molecular flexibility index (Phi) is 2.75. The molecular formula is C15H13N3O2. The van der Waals surface area contributed by atoms with Crippen LogP contribution in [0.5, 0.6) is 0 Å². The molecule has 1 aromatic carbocycles. The third-order valence-corrected chi connectivity index (χ3v) is 3.33. The number of benzene rings is 1. The highest BCUT2D eigenvalue weighted by Gasteiger charge is 2.14. The standard InChI is InChI=1S/C15H13N3O2/c1-9-10(15(19)20)7-8-12(16-9)14-17-11-5-3-4-6-13(11)18(14)2/h3-8H,1-2H3,(H,19,20). The van der Waals surface area contributed by atoms with Gasteiger partial charge in [0.2, 0.25) is 0 Å². The molecule has 0 bridgehead atoms. The zero-order valence-corrected chi connectivity index (χ0v) is 11.2. The van der Waals surface area contributed by atoms with Gasteiger partial charge in [0.25, 0.3) is 0 Å². The third kappa shape index (κ3) is 1.84. The van der Waals surface area contributed by atoms with Crippen LogP contribution in [0.4, 0.5) is 0 Å². The number of imidazole rings is 1. The van der Waals surface area contributed by atoms with Gasteiger partial charge in [-0.2, -0.15) is 0 Å². The second-order valence-electron chi connectivity index (χ2n) is 4.62. The van der Waals surface area contributed by atoms with Crippen molar-refractivity contribution in [3.05, 3.63) is 47.7 Å². The lowest BCUT2D eigenvalue weighted by atomic mass is 10.2. The van der Waals surface area contributed by atoms with Crippen LogP contribution < -0.4 is 0 Å². The number of carboxylic acid groups (broad SMARTS) is 1. The fourth-order valence-corrected chi connectivity index (χ4v) is 2.29. The molecule has 2 heterocycles. The van der Waals surface area contributed by atoms with Crippen molar-refractivity contribution in [2.75, 3.05) is 0 Å². The van der Waals surface area contributed by atoms with Crippen molar-refractivity contribution in [1.29, 1.82) is 0 Å². The number of hydrogen-bond acceptors (Lipinski definition) is 3. The van der Waals surface area contributed by atoms with Crippen molar-refractivity contribution in [2.24, 2.45) is 7.05 Å². The van der Waals surface area contributed by atoms with E-state index in [1.807, 2.05) is 35.9 Å². The van der Waals surface area contributed by atoms with Crippen molar-refractivity contribution in [2.45, 2.75) is 6.92 Å². The third-order valence-electron chi connectivity index (χ3n) is 3.33. The molecule has 0 atom stereocenters. The van der Waals surface area contributed by atoms with Crippen LogP contribution in [0.1, 0.15) is 16.1 Å². The van der Waals surface area contributed by atoms with Gasteiger partial charge in [-0.25, -0.2) is 14.8 Å². The maximum Gasteiger partial charge on any atom is 0.337 e. The molecule has 0 spiro atoms. The number of carboxylic acids is 1. The van der Waals surface area contributed by atoms with Crippen LogP contribution in [-0.4, -0.2) is 25.6 Å². The summed E-state index contributed by atoms with van der Waals surface area (Å²) in [5, 5.41) is 9.04. The minimum absolute atomic E-state index is 0.215. The highest BCUT2D eigenvalue weighted by molar-refractivity contribution is 5.89. The summed E-state index contributed by atoms with van der Waals surface area (Å²) in [7, 11) is 1.92. The molecule has 1 N–H and O–H groups in total. The summed E-state index contributed by atoms with van der Waals surface area (Å²) in [4.78, 5) is 19.9. The van der Waals surface area contributed by atoms with Gasteiger partial charge in [0, 0.05) is 7.05 Å². The molecule has 0 aliphatic rings. The Bertz CT molecular complexity index is 821. The van der Waals surface area contributed by atoms with Gasteiger partial charge in [0.1, 0.15) is 5.69 Å². The van der Waals surface area contributed by atoms with Crippen LogP contribution in [0, 0.1) is 6.92 Å². The van der Waals surface area contributed by atoms with Gasteiger partial charge in [0.05, 0.1) is 22.3 Å². The first kappa shape index (κ1) is 12.3. The summed E-state index contributed by atoms with van der Waals surface area (Å²) in [6.45, 7) is 1.69. The monoisotopic (exact) mass is 267 g/mol. The van der Waals surface area contributed by atoms with Gasteiger partial charge in [-0.15, -0.1) is 0 Å². The smallest absolute Gasteiger partial charge is 0.337 e. The molecule has 100 valence electrons. The van der Waals surface area contributed by atoms with Gasteiger partial charge in [-0.3, -0.25) is 0 Å². The molecule has 2 aromatic heterocycles. The Morgan fingerprint density at radius 3 is 2.55 bits per heavy atom. The number of pyridine rings is 1. The fourth-order valence-electron chi connectivity index (χ4n) is 2.29. The Morgan fingerprint density at radius 2 is 1.90 bits per heavy atom. The van der Waals surface area contributed by atoms with Crippen LogP contribution in [0.2, 0.25) is 0 Å². The summed E-state index contributed by atoms with van der Waals surface area (Å²) in [6.07, 6.45) is 0. The molecule has 0 amide bonds. The Hall–Kier alpha value is -2.69. The largest absolute Gasteiger partial charge is 0.478 e. The normalized spacial score (nSPS) is 10.9. The van der Waals surface area contributed by atoms with Crippen molar-refractivity contribution in [3.8, 4) is 11.5 Å². The average Bonchev–Trinajstić information content (AvgIpc) is 2.76. The molecule has 3 rings (SSSR count). The predicted molar refractivity (Wildman–Crippen MR) is 75.6 cm³/mol. The predicted octanol–water partition coefficient (Wildman–Crippen LogP) is 2.64. The molecule has 5 heteroatoms. The SMILES string of the molecule is Cc1nc(-c2nc3ccccc3n2C)ccc1C(=O)O. The number of aryl methyl sites for hydroxylation is 2. The van der Waals surface area contributed by atoms with E-state index in [1.165, 1.54) is 0 Å². The number of hydrogen-bond donors (Lipinski definition) is 1. The maximum atomic E-state index is 11.0. The first-order chi connectivity index (χ1) is 9.58. The van der Waals surface area contributed by atoms with E-state index >= 15 is 0 Å². The molecule has 0 fully saturated rings. The number of carbonyl (C=O) groups is 1. The number of aromatic nitrogens is 3. The van der Waals surface area contributed by atoms with Gasteiger partial charge < -0.3 is 9.67 Å². The molecule has 0 aliphatic carbocycles. The van der Waals surface area contributed by atoms with Gasteiger partial charge in [-0.1, -0.05) is 12.1 Å². The topological polar surface area (TPSA) is 68.0 Å². The first-order valence-corrected chi connectivity index (χ1v) is 6.20. The van der Waals surface area contributed by atoms with E-state index in [0.717, 1.165) is 16.9 Å². The van der Waals surface area contributed by atoms with Crippen molar-refractivity contribution in [1.82, 2.24) is 14.5 Å². The van der Waals surface area contributed by atoms with Crippen LogP contribution in [0.15, 0.2) is 36.4 Å². The molecule has 20 heavy (non-hydrogen) atoms. The molecule has 0 saturated heterocycles. The lowest BCUT2D eigenvalue weighted by molar-refractivity contribution is 0.0695. The molecule has 3 aromatic rings. The number of rotatable bonds is 2. The van der Waals surface area contributed by atoms with Crippen molar-refractivity contribution < 1.29 is 9.90 Å². The van der Waals surface area contributed by atoms with Crippen molar-refractivity contribution >= 4 is 17.0 Å². The molecule has 0 unspecified atom stereocenters. The number of nitrogens with zero attached hydrogens (tertiary/aromatic N) is 3. The second-order valence-corrected chi connectivity index (χ2v) is 4.62. The van der Waals surface area contributed by atoms with Crippen LogP contribution in [-0.2, 0) is 7.05 Å². The second kappa shape index (κ2) is 4.45. The Morgan fingerprint density at radius 1 is 1.15 bits per heavy atom. The zero-order chi connectivity index (χ0) is 14.3. The van der Waals surface area contributed by atoms with E-state index in [2.05, 4.69) is 9.97 Å². The zero-order valence-electron chi connectivity index (χ0n) is 11.2. The van der Waals surface area contributed by atoms with Gasteiger partial charge in [0.15, 0.2) is 5.82 Å². The van der Waals surface area contributed by atoms with Crippen LogP contribution in [0.25, 0.3) is 22.6 Å². The number of aromatic carboxylic acids is 1. The molecule has 0 saturated carbocycles. The van der Waals surface area contributed by atoms with E-state index < -0.39 is 5.97 Å². The van der Waals surface area contributed by atoms with Crippen molar-refractivity contribution in [3.63, 3.8) is 0 Å². The summed E-state index contributed by atoms with van der Waals surface area (Å²) in [5.74, 6) is -0.238. The molecule has 5 nitrogen and oxygen atoms in total. The number of fused-ring (bicyclic) bond motifs is 1. The summed E-state index contributed by atoms with van der Waals surface area (Å²) in [6, 6.07) is 11.1. The average molecular weight is 267 g/mol. The van der Waals surface area contributed by atoms with Gasteiger partial charge >= 0.3 is 5.97 Å². The minimum atomic E-state index is -0.966. The number of para-hydroxylation sites is 2. The maximum absolute atomic E-state index is 11.0. The lowest BCUT2D eigenvalue weighted by Gasteiger charge is -2.05. The van der Waals surface area contributed by atoms with E-state index in [1.54, 1.807) is 19.1 Å². The molecule has 0 radical (unpaired) electrons. The summed E-state index contributed by atoms with van der Waals surface area (Å²) in [5.41, 5.74) is 3.29. The molecule has 0 aliphatic heterocycles. The lowest BCUT2D eigenvalue weighted by Crippen LogP contribution is -2.03. The Balaban J connectivity index is 2.18. The van der Waals surface area contributed by atoms with Crippen LogP contribution >= 0.6 is 0 Å². The highest BCUT2D eigenvalue weighted by Crippen LogP contribution is 2.23. The van der Waals surface area contributed by atoms with Crippen LogP contribution in [0.3, 0.4) is 0 Å². The van der Waals surface area contributed by atoms with E-state index in [0.29, 0.717) is 11.4 Å². The molecular weight excluding hydrogens is 254 g/mol. The van der Waals surface area contributed by atoms with E-state index in [4.69, 9.17) is 5.11 Å². The Labute approximate surface area is 115 Å². The van der Waals surface area contributed by atoms with E-state index in [-0.39, 0.29) is 5.56 Å². The highest BCUT2D eigenvalue weighted by atomic mass is 16.4. The summed E-state index contributed by atoms with van der Waals surface area (Å²) >= 11 is 0. The summed E-state index contributed by atoms with van der Waals surface area (Å²) < 4.78 is 1.96. The minimum Gasteiger partial charge on any atom is -0.478 e. The van der Waals surface area contributed by atoms with E-state index in [9.17, 15) is 4.79 Å². The first-order valence-electron chi connectivity index (χ1n) is 6.20. The quantitative estimate of drug-likeness (QED) is 0.775.